The fourth-order valence-electron chi connectivity index (χ4n) is 6.20. The number of amides is 3. The molecule has 3 amide bonds. The van der Waals surface area contributed by atoms with Gasteiger partial charge in [0, 0.05) is 31.6 Å². The van der Waals surface area contributed by atoms with Crippen LogP contribution in [0.2, 0.25) is 0 Å². The average molecular weight is 721 g/mol. The van der Waals surface area contributed by atoms with Crippen LogP contribution < -0.4 is 15.4 Å². The summed E-state index contributed by atoms with van der Waals surface area (Å²) >= 11 is 0. The number of hydrogen-bond donors (Lipinski definition) is 4. The molecular formula is C35H56N6O8S. The van der Waals surface area contributed by atoms with E-state index in [1.165, 1.54) is 4.90 Å². The minimum absolute atomic E-state index is 0.00316. The number of nitrogens with zero attached hydrogens (tertiary/aromatic N) is 2. The van der Waals surface area contributed by atoms with Gasteiger partial charge >= 0.3 is 6.16 Å². The van der Waals surface area contributed by atoms with Gasteiger partial charge in [-0.15, -0.1) is 0 Å². The van der Waals surface area contributed by atoms with Crippen LogP contribution in [0.15, 0.2) is 30.3 Å². The van der Waals surface area contributed by atoms with Crippen LogP contribution in [0.25, 0.3) is 0 Å². The van der Waals surface area contributed by atoms with Crippen LogP contribution in [0.5, 0.6) is 0 Å². The molecule has 280 valence electrons. The van der Waals surface area contributed by atoms with Gasteiger partial charge in [0.1, 0.15) is 18.2 Å². The molecule has 2 saturated heterocycles. The minimum Gasteiger partial charge on any atom is -0.434 e. The molecule has 1 unspecified atom stereocenters. The number of rotatable bonds is 13. The van der Waals surface area contributed by atoms with E-state index in [2.05, 4.69) is 15.4 Å². The van der Waals surface area contributed by atoms with Gasteiger partial charge < -0.3 is 24.6 Å². The van der Waals surface area contributed by atoms with Gasteiger partial charge in [-0.25, -0.2) is 17.9 Å². The van der Waals surface area contributed by atoms with Crippen molar-refractivity contribution in [3.8, 4) is 0 Å². The van der Waals surface area contributed by atoms with Gasteiger partial charge in [-0.2, -0.15) is 0 Å². The highest BCUT2D eigenvalue weighted by Crippen LogP contribution is 2.26. The second kappa shape index (κ2) is 17.5. The van der Waals surface area contributed by atoms with Crippen LogP contribution in [-0.4, -0.2) is 105 Å². The molecule has 0 spiro atoms. The van der Waals surface area contributed by atoms with Gasteiger partial charge in [0.05, 0.1) is 12.9 Å². The normalized spacial score (nSPS) is 18.6. The van der Waals surface area contributed by atoms with Gasteiger partial charge in [-0.1, -0.05) is 65.0 Å². The summed E-state index contributed by atoms with van der Waals surface area (Å²) in [6.07, 6.45) is 2.59. The Balaban J connectivity index is 1.45. The SMILES string of the molecule is CC(CC(C)(C)C(=O)NC(=N)N1CCC(CNC(=O)[C@@H]2CCCN2C(=O)[C@@H](Cc2ccccc2)NS(C)(=O)=O)CC1)OC(=O)OCC(C)(C)C. The number of nitrogens with one attached hydrogen (secondary N) is 4. The van der Waals surface area contributed by atoms with Gasteiger partial charge in [-0.05, 0) is 62.3 Å². The Kier molecular flexibility index (Phi) is 14.2. The molecule has 0 bridgehead atoms. The van der Waals surface area contributed by atoms with Crippen LogP contribution in [0.1, 0.15) is 79.2 Å². The monoisotopic (exact) mass is 720 g/mol. The summed E-state index contributed by atoms with van der Waals surface area (Å²) in [5.74, 6) is -0.900. The molecule has 3 atom stereocenters. The van der Waals surface area contributed by atoms with Crippen molar-refractivity contribution in [3.63, 3.8) is 0 Å². The highest BCUT2D eigenvalue weighted by molar-refractivity contribution is 7.88. The van der Waals surface area contributed by atoms with E-state index in [1.54, 1.807) is 25.7 Å². The summed E-state index contributed by atoms with van der Waals surface area (Å²) in [4.78, 5) is 55.3. The van der Waals surface area contributed by atoms with Crippen molar-refractivity contribution in [3.05, 3.63) is 35.9 Å². The molecule has 0 aliphatic carbocycles. The summed E-state index contributed by atoms with van der Waals surface area (Å²) in [7, 11) is -3.68. The second-order valence-corrected chi connectivity index (χ2v) is 17.2. The van der Waals surface area contributed by atoms with Crippen LogP contribution in [0.4, 0.5) is 4.79 Å². The zero-order valence-corrected chi connectivity index (χ0v) is 31.4. The van der Waals surface area contributed by atoms with E-state index < -0.39 is 45.7 Å². The smallest absolute Gasteiger partial charge is 0.434 e. The zero-order valence-electron chi connectivity index (χ0n) is 30.5. The van der Waals surface area contributed by atoms with Gasteiger partial charge in [0.15, 0.2) is 5.96 Å². The highest BCUT2D eigenvalue weighted by Gasteiger charge is 2.38. The molecule has 1 aromatic rings. The van der Waals surface area contributed by atoms with Crippen molar-refractivity contribution < 1.29 is 37.1 Å². The molecule has 2 fully saturated rings. The number of piperidine rings is 1. The van der Waals surface area contributed by atoms with Crippen molar-refractivity contribution in [2.75, 3.05) is 39.0 Å². The quantitative estimate of drug-likeness (QED) is 0.135. The summed E-state index contributed by atoms with van der Waals surface area (Å²) in [5.41, 5.74) is -0.310. The Morgan fingerprint density at radius 1 is 1.00 bits per heavy atom. The Hall–Kier alpha value is -3.72. The molecule has 3 rings (SSSR count). The van der Waals surface area contributed by atoms with Crippen molar-refractivity contribution in [2.24, 2.45) is 16.7 Å². The number of benzene rings is 1. The summed E-state index contributed by atoms with van der Waals surface area (Å²) in [5, 5.41) is 14.2. The number of likely N-dealkylation sites (tertiary alicyclic amines) is 2. The number of carbonyl (C=O) groups is 4. The highest BCUT2D eigenvalue weighted by atomic mass is 32.2. The Morgan fingerprint density at radius 2 is 1.64 bits per heavy atom. The van der Waals surface area contributed by atoms with E-state index in [9.17, 15) is 27.6 Å². The Bertz CT molecular complexity index is 1450. The van der Waals surface area contributed by atoms with E-state index in [0.717, 1.165) is 11.8 Å². The third-order valence-corrected chi connectivity index (χ3v) is 9.55. The molecule has 0 radical (unpaired) electrons. The lowest BCUT2D eigenvalue weighted by Crippen LogP contribution is -2.54. The third-order valence-electron chi connectivity index (χ3n) is 8.84. The predicted molar refractivity (Wildman–Crippen MR) is 190 cm³/mol. The molecule has 50 heavy (non-hydrogen) atoms. The van der Waals surface area contributed by atoms with Crippen molar-refractivity contribution in [1.29, 1.82) is 5.41 Å². The Morgan fingerprint density at radius 3 is 2.24 bits per heavy atom. The largest absolute Gasteiger partial charge is 0.508 e. The summed E-state index contributed by atoms with van der Waals surface area (Å²) in [6, 6.07) is 7.44. The van der Waals surface area contributed by atoms with E-state index >= 15 is 0 Å². The molecule has 4 N–H and O–H groups in total. The lowest BCUT2D eigenvalue weighted by molar-refractivity contribution is -0.139. The van der Waals surface area contributed by atoms with Crippen molar-refractivity contribution >= 4 is 39.9 Å². The number of carbonyl (C=O) groups excluding carboxylic acids is 4. The molecule has 1 aromatic carbocycles. The number of ether oxygens (including phenoxy) is 2. The molecule has 15 heteroatoms. The first-order valence-corrected chi connectivity index (χ1v) is 19.2. The molecule has 0 saturated carbocycles. The standard InChI is InChI=1S/C35H56N6O8S/c1-24(49-33(45)48-23-34(2,3)4)21-35(5,6)31(44)38-32(36)40-18-15-26(16-19-40)22-37-29(42)28-14-11-17-41(28)30(43)27(39-50(7,46)47)20-25-12-9-8-10-13-25/h8-10,12-13,24,26-28,39H,11,14-23H2,1-7H3,(H,37,42)(H2,36,38,44)/t24?,27-,28+/m1/s1. The molecule has 0 aromatic heterocycles. The summed E-state index contributed by atoms with van der Waals surface area (Å²) in [6.45, 7) is 13.0. The van der Waals surface area contributed by atoms with Crippen molar-refractivity contribution in [1.82, 2.24) is 25.2 Å². The number of hydrogen-bond acceptors (Lipinski definition) is 9. The lowest BCUT2D eigenvalue weighted by Gasteiger charge is -2.35. The maximum absolute atomic E-state index is 13.6. The average Bonchev–Trinajstić information content (AvgIpc) is 3.51. The first kappa shape index (κ1) is 40.7. The van der Waals surface area contributed by atoms with Crippen LogP contribution in [0.3, 0.4) is 0 Å². The van der Waals surface area contributed by atoms with Gasteiger partial charge in [-0.3, -0.25) is 25.1 Å². The maximum Gasteiger partial charge on any atom is 0.508 e. The van der Waals surface area contributed by atoms with Crippen LogP contribution >= 0.6 is 0 Å². The topological polar surface area (TPSA) is 187 Å². The zero-order chi connectivity index (χ0) is 37.3. The first-order valence-electron chi connectivity index (χ1n) is 17.3. The first-order chi connectivity index (χ1) is 23.2. The third kappa shape index (κ3) is 13.2. The summed E-state index contributed by atoms with van der Waals surface area (Å²) < 4.78 is 37.1. The second-order valence-electron chi connectivity index (χ2n) is 15.4. The van der Waals surface area contributed by atoms with Gasteiger partial charge in [0.2, 0.25) is 27.7 Å². The van der Waals surface area contributed by atoms with E-state index in [-0.39, 0.29) is 48.6 Å². The molecule has 2 aliphatic heterocycles. The van der Waals surface area contributed by atoms with Crippen molar-refractivity contribution in [2.45, 2.75) is 98.3 Å². The number of sulfonamides is 1. The van der Waals surface area contributed by atoms with Gasteiger partial charge in [0.25, 0.3) is 0 Å². The maximum atomic E-state index is 13.6. The van der Waals surface area contributed by atoms with Crippen LogP contribution in [-0.2, 0) is 40.3 Å². The Labute approximate surface area is 296 Å². The minimum atomic E-state index is -3.68. The predicted octanol–water partition coefficient (Wildman–Crippen LogP) is 3.02. The molecule has 14 nitrogen and oxygen atoms in total. The molecule has 2 heterocycles. The molecule has 2 aliphatic rings. The van der Waals surface area contributed by atoms with E-state index in [4.69, 9.17) is 14.9 Å². The van der Waals surface area contributed by atoms with E-state index in [1.807, 2.05) is 51.1 Å². The lowest BCUT2D eigenvalue weighted by atomic mass is 9.86. The fourth-order valence-corrected chi connectivity index (χ4v) is 6.90. The van der Waals surface area contributed by atoms with Crippen LogP contribution in [0, 0.1) is 22.2 Å². The number of guanidine groups is 1. The van der Waals surface area contributed by atoms with E-state index in [0.29, 0.717) is 51.9 Å². The fraction of sp³-hybridized carbons (Fsp3) is 0.686. The molecular weight excluding hydrogens is 664 g/mol.